The summed E-state index contributed by atoms with van der Waals surface area (Å²) in [6.45, 7) is 0.928. The monoisotopic (exact) mass is 349 g/mol. The number of thioether (sulfide) groups is 1. The van der Waals surface area contributed by atoms with E-state index in [1.54, 1.807) is 23.7 Å². The van der Waals surface area contributed by atoms with Crippen LogP contribution in [-0.4, -0.2) is 63.1 Å². The van der Waals surface area contributed by atoms with Gasteiger partial charge in [0.25, 0.3) is 0 Å². The molecule has 0 saturated heterocycles. The van der Waals surface area contributed by atoms with E-state index < -0.39 is 0 Å². The number of para-hydroxylation sites is 2. The Balaban J connectivity index is 1.44. The molecule has 9 heteroatoms. The van der Waals surface area contributed by atoms with Gasteiger partial charge in [-0.1, -0.05) is 23.9 Å². The van der Waals surface area contributed by atoms with Gasteiger partial charge in [-0.05, 0) is 22.6 Å². The van der Waals surface area contributed by atoms with Gasteiger partial charge in [-0.2, -0.15) is 0 Å². The SMILES string of the molecule is CN(CC1COc2ccccc2O1)C(=O)CCSc1nnnn1C. The Morgan fingerprint density at radius 1 is 1.42 bits per heavy atom. The lowest BCUT2D eigenvalue weighted by molar-refractivity contribution is -0.130. The zero-order chi connectivity index (χ0) is 16.9. The standard InChI is InChI=1S/C15H19N5O3S/c1-19(14(21)7-8-24-15-16-17-18-20(15)2)9-11-10-22-12-5-3-4-6-13(12)23-11/h3-6,11H,7-10H2,1-2H3. The second-order valence-electron chi connectivity index (χ2n) is 5.46. The number of amides is 1. The third-order valence-corrected chi connectivity index (χ3v) is 4.61. The minimum Gasteiger partial charge on any atom is -0.486 e. The van der Waals surface area contributed by atoms with Crippen molar-refractivity contribution in [2.45, 2.75) is 17.7 Å². The number of aryl methyl sites for hydroxylation is 1. The van der Waals surface area contributed by atoms with Crippen molar-refractivity contribution in [3.8, 4) is 11.5 Å². The largest absolute Gasteiger partial charge is 0.486 e. The average Bonchev–Trinajstić information content (AvgIpc) is 2.99. The number of hydrogen-bond acceptors (Lipinski definition) is 7. The maximum absolute atomic E-state index is 12.2. The van der Waals surface area contributed by atoms with Gasteiger partial charge >= 0.3 is 0 Å². The van der Waals surface area contributed by atoms with E-state index in [9.17, 15) is 4.79 Å². The molecule has 0 fully saturated rings. The molecule has 0 radical (unpaired) electrons. The van der Waals surface area contributed by atoms with Gasteiger partial charge in [-0.15, -0.1) is 5.10 Å². The maximum atomic E-state index is 12.2. The van der Waals surface area contributed by atoms with E-state index in [1.165, 1.54) is 11.8 Å². The van der Waals surface area contributed by atoms with Crippen LogP contribution >= 0.6 is 11.8 Å². The van der Waals surface area contributed by atoms with Gasteiger partial charge in [-0.25, -0.2) is 4.68 Å². The van der Waals surface area contributed by atoms with E-state index in [0.29, 0.717) is 30.5 Å². The van der Waals surface area contributed by atoms with Crippen LogP contribution in [0.5, 0.6) is 11.5 Å². The summed E-state index contributed by atoms with van der Waals surface area (Å²) in [4.78, 5) is 13.9. The first kappa shape index (κ1) is 16.6. The van der Waals surface area contributed by atoms with Gasteiger partial charge in [0.05, 0.1) is 6.54 Å². The molecule has 3 rings (SSSR count). The predicted octanol–water partition coefficient (Wildman–Crippen LogP) is 0.991. The van der Waals surface area contributed by atoms with Crippen molar-refractivity contribution in [1.82, 2.24) is 25.1 Å². The quantitative estimate of drug-likeness (QED) is 0.719. The number of hydrogen-bond donors (Lipinski definition) is 0. The lowest BCUT2D eigenvalue weighted by Gasteiger charge is -2.29. The zero-order valence-electron chi connectivity index (χ0n) is 13.6. The van der Waals surface area contributed by atoms with E-state index in [-0.39, 0.29) is 12.0 Å². The third kappa shape index (κ3) is 3.97. The topological polar surface area (TPSA) is 82.4 Å². The molecule has 1 aliphatic rings. The fourth-order valence-corrected chi connectivity index (χ4v) is 3.10. The molecule has 1 unspecified atom stereocenters. The Morgan fingerprint density at radius 3 is 2.96 bits per heavy atom. The van der Waals surface area contributed by atoms with Crippen LogP contribution < -0.4 is 9.47 Å². The first-order valence-corrected chi connectivity index (χ1v) is 8.59. The Bertz CT molecular complexity index is 708. The summed E-state index contributed by atoms with van der Waals surface area (Å²) < 4.78 is 13.1. The van der Waals surface area contributed by atoms with Gasteiger partial charge in [0.1, 0.15) is 6.61 Å². The molecular formula is C15H19N5O3S. The Morgan fingerprint density at radius 2 is 2.21 bits per heavy atom. The summed E-state index contributed by atoms with van der Waals surface area (Å²) in [6, 6.07) is 7.55. The molecule has 0 N–H and O–H groups in total. The number of rotatable bonds is 6. The minimum atomic E-state index is -0.163. The van der Waals surface area contributed by atoms with E-state index in [2.05, 4.69) is 15.5 Å². The first-order valence-electron chi connectivity index (χ1n) is 7.61. The fourth-order valence-electron chi connectivity index (χ4n) is 2.32. The second kappa shape index (κ2) is 7.52. The van der Waals surface area contributed by atoms with Gasteiger partial charge in [0, 0.05) is 26.3 Å². The average molecular weight is 349 g/mol. The summed E-state index contributed by atoms with van der Waals surface area (Å²) in [5.74, 6) is 2.15. The van der Waals surface area contributed by atoms with Crippen LogP contribution in [0.15, 0.2) is 29.4 Å². The van der Waals surface area contributed by atoms with Crippen molar-refractivity contribution in [1.29, 1.82) is 0 Å². The van der Waals surface area contributed by atoms with Crippen LogP contribution in [0.1, 0.15) is 6.42 Å². The molecule has 0 saturated carbocycles. The number of tetrazole rings is 1. The summed E-state index contributed by atoms with van der Waals surface area (Å²) in [7, 11) is 3.55. The van der Waals surface area contributed by atoms with Crippen LogP contribution in [-0.2, 0) is 11.8 Å². The molecule has 1 amide bonds. The highest BCUT2D eigenvalue weighted by molar-refractivity contribution is 7.99. The molecule has 128 valence electrons. The van der Waals surface area contributed by atoms with E-state index in [1.807, 2.05) is 24.3 Å². The number of aromatic nitrogens is 4. The molecular weight excluding hydrogens is 330 g/mol. The lowest BCUT2D eigenvalue weighted by atomic mass is 10.2. The molecule has 1 aliphatic heterocycles. The van der Waals surface area contributed by atoms with Crippen molar-refractivity contribution >= 4 is 17.7 Å². The van der Waals surface area contributed by atoms with Crippen LogP contribution in [0.3, 0.4) is 0 Å². The van der Waals surface area contributed by atoms with Crippen LogP contribution in [0, 0.1) is 0 Å². The molecule has 2 aromatic rings. The molecule has 0 spiro atoms. The molecule has 1 aromatic carbocycles. The highest BCUT2D eigenvalue weighted by Crippen LogP contribution is 2.30. The summed E-state index contributed by atoms with van der Waals surface area (Å²) in [6.07, 6.45) is 0.252. The number of nitrogens with zero attached hydrogens (tertiary/aromatic N) is 5. The van der Waals surface area contributed by atoms with E-state index in [4.69, 9.17) is 9.47 Å². The number of benzene rings is 1. The van der Waals surface area contributed by atoms with Crippen molar-refractivity contribution < 1.29 is 14.3 Å². The van der Waals surface area contributed by atoms with Crippen LogP contribution in [0.4, 0.5) is 0 Å². The van der Waals surface area contributed by atoms with E-state index in [0.717, 1.165) is 11.5 Å². The maximum Gasteiger partial charge on any atom is 0.223 e. The second-order valence-corrected chi connectivity index (χ2v) is 6.52. The molecule has 24 heavy (non-hydrogen) atoms. The number of carbonyl (C=O) groups is 1. The van der Waals surface area contributed by atoms with E-state index >= 15 is 0 Å². The molecule has 8 nitrogen and oxygen atoms in total. The lowest BCUT2D eigenvalue weighted by Crippen LogP contribution is -2.41. The summed E-state index contributed by atoms with van der Waals surface area (Å²) in [5, 5.41) is 11.9. The highest BCUT2D eigenvalue weighted by Gasteiger charge is 2.23. The third-order valence-electron chi connectivity index (χ3n) is 3.60. The molecule has 2 heterocycles. The fraction of sp³-hybridized carbons (Fsp3) is 0.467. The number of ether oxygens (including phenoxy) is 2. The predicted molar refractivity (Wildman–Crippen MR) is 88.1 cm³/mol. The van der Waals surface area contributed by atoms with Crippen molar-refractivity contribution in [3.63, 3.8) is 0 Å². The van der Waals surface area contributed by atoms with Gasteiger partial charge in [0.2, 0.25) is 11.1 Å². The Hall–Kier alpha value is -2.29. The summed E-state index contributed by atoms with van der Waals surface area (Å²) >= 11 is 1.46. The number of likely N-dealkylation sites (N-methyl/N-ethyl adjacent to an activating group) is 1. The summed E-state index contributed by atoms with van der Waals surface area (Å²) in [5.41, 5.74) is 0. The first-order chi connectivity index (χ1) is 11.6. The Labute approximate surface area is 144 Å². The van der Waals surface area contributed by atoms with Crippen molar-refractivity contribution in [2.75, 3.05) is 26.0 Å². The number of fused-ring (bicyclic) bond motifs is 1. The minimum absolute atomic E-state index is 0.0556. The van der Waals surface area contributed by atoms with Crippen LogP contribution in [0.25, 0.3) is 0 Å². The van der Waals surface area contributed by atoms with Crippen molar-refractivity contribution in [2.24, 2.45) is 7.05 Å². The van der Waals surface area contributed by atoms with Crippen molar-refractivity contribution in [3.05, 3.63) is 24.3 Å². The zero-order valence-corrected chi connectivity index (χ0v) is 14.4. The molecule has 1 aromatic heterocycles. The van der Waals surface area contributed by atoms with Gasteiger partial charge in [-0.3, -0.25) is 4.79 Å². The molecule has 0 aliphatic carbocycles. The molecule has 0 bridgehead atoms. The Kier molecular flexibility index (Phi) is 5.19. The van der Waals surface area contributed by atoms with Crippen LogP contribution in [0.2, 0.25) is 0 Å². The highest BCUT2D eigenvalue weighted by atomic mass is 32.2. The molecule has 1 atom stereocenters. The normalized spacial score (nSPS) is 16.0. The smallest absolute Gasteiger partial charge is 0.223 e. The van der Waals surface area contributed by atoms with Gasteiger partial charge in [0.15, 0.2) is 17.6 Å². The van der Waals surface area contributed by atoms with Gasteiger partial charge < -0.3 is 14.4 Å². The number of carbonyl (C=O) groups excluding carboxylic acids is 1.